The molecule has 2 aromatic rings. The first-order valence-corrected chi connectivity index (χ1v) is 10.5. The second kappa shape index (κ2) is 7.73. The number of halogens is 4. The molecule has 0 radical (unpaired) electrons. The van der Waals surface area contributed by atoms with Gasteiger partial charge in [0, 0.05) is 30.7 Å². The van der Waals surface area contributed by atoms with Gasteiger partial charge in [-0.25, -0.2) is 0 Å². The molecule has 0 aliphatic carbocycles. The highest BCUT2D eigenvalue weighted by molar-refractivity contribution is 9.11. The Morgan fingerprint density at radius 1 is 0.818 bits per heavy atom. The lowest BCUT2D eigenvalue weighted by atomic mass is 9.97. The van der Waals surface area contributed by atoms with E-state index in [1.54, 1.807) is 0 Å². The van der Waals surface area contributed by atoms with Crippen LogP contribution in [-0.4, -0.2) is 5.78 Å². The van der Waals surface area contributed by atoms with Crippen LogP contribution in [0.4, 0.5) is 0 Å². The highest BCUT2D eigenvalue weighted by atomic mass is 79.9. The van der Waals surface area contributed by atoms with E-state index in [1.165, 1.54) is 0 Å². The molecule has 5 heteroatoms. The number of ketones is 1. The monoisotopic (exact) mass is 550 g/mol. The number of aryl methyl sites for hydroxylation is 2. The summed E-state index contributed by atoms with van der Waals surface area (Å²) in [5, 5.41) is 1.42. The van der Waals surface area contributed by atoms with Crippen LogP contribution in [0.1, 0.15) is 38.2 Å². The van der Waals surface area contributed by atoms with Crippen LogP contribution in [0.5, 0.6) is 0 Å². The molecule has 0 aromatic heterocycles. The molecule has 0 saturated carbocycles. The number of hydrogen-bond acceptors (Lipinski definition) is 1. The summed E-state index contributed by atoms with van der Waals surface area (Å²) in [6.07, 6.45) is 0. The van der Waals surface area contributed by atoms with Gasteiger partial charge in [0.05, 0.1) is 0 Å². The van der Waals surface area contributed by atoms with E-state index >= 15 is 0 Å². The molecule has 2 rings (SSSR count). The topological polar surface area (TPSA) is 17.1 Å². The van der Waals surface area contributed by atoms with Crippen molar-refractivity contribution in [1.82, 2.24) is 0 Å². The first-order valence-electron chi connectivity index (χ1n) is 6.65. The summed E-state index contributed by atoms with van der Waals surface area (Å²) in [6, 6.07) is 7.74. The molecular formula is C17H14Br4O. The fourth-order valence-electron chi connectivity index (χ4n) is 2.26. The van der Waals surface area contributed by atoms with Crippen molar-refractivity contribution in [1.29, 1.82) is 0 Å². The van der Waals surface area contributed by atoms with Gasteiger partial charge in [0.25, 0.3) is 0 Å². The smallest absolute Gasteiger partial charge is 0.195 e. The Kier molecular flexibility index (Phi) is 6.46. The summed E-state index contributed by atoms with van der Waals surface area (Å²) in [5.74, 6) is 0.0168. The Morgan fingerprint density at radius 2 is 1.18 bits per heavy atom. The Labute approximate surface area is 164 Å². The Bertz CT molecular complexity index is 676. The molecule has 0 spiro atoms. The van der Waals surface area contributed by atoms with Gasteiger partial charge in [0.1, 0.15) is 0 Å². The summed E-state index contributed by atoms with van der Waals surface area (Å²) in [6.45, 7) is 4.08. The third-order valence-electron chi connectivity index (χ3n) is 3.71. The van der Waals surface area contributed by atoms with E-state index in [2.05, 4.69) is 63.7 Å². The maximum atomic E-state index is 13.0. The number of rotatable bonds is 4. The molecule has 0 unspecified atom stereocenters. The third kappa shape index (κ3) is 3.42. The van der Waals surface area contributed by atoms with Crippen molar-refractivity contribution in [2.75, 3.05) is 0 Å². The van der Waals surface area contributed by atoms with Gasteiger partial charge in [-0.05, 0) is 80.1 Å². The summed E-state index contributed by atoms with van der Waals surface area (Å²) in [7, 11) is 0. The fourth-order valence-corrected chi connectivity index (χ4v) is 5.99. The minimum Gasteiger partial charge on any atom is -0.289 e. The number of carbonyl (C=O) groups is 1. The van der Waals surface area contributed by atoms with Crippen LogP contribution in [-0.2, 0) is 10.7 Å². The lowest BCUT2D eigenvalue weighted by Gasteiger charge is -2.14. The lowest BCUT2D eigenvalue weighted by Crippen LogP contribution is -2.07. The lowest BCUT2D eigenvalue weighted by molar-refractivity contribution is 0.103. The molecule has 0 atom stereocenters. The molecule has 0 fully saturated rings. The van der Waals surface area contributed by atoms with Crippen molar-refractivity contribution in [3.05, 3.63) is 66.6 Å². The first kappa shape index (κ1) is 18.4. The zero-order chi connectivity index (χ0) is 16.4. The van der Waals surface area contributed by atoms with Gasteiger partial charge in [0.2, 0.25) is 0 Å². The van der Waals surface area contributed by atoms with Crippen LogP contribution < -0.4 is 0 Å². The normalized spacial score (nSPS) is 10.8. The van der Waals surface area contributed by atoms with Crippen LogP contribution in [0.25, 0.3) is 0 Å². The van der Waals surface area contributed by atoms with Crippen molar-refractivity contribution in [2.24, 2.45) is 0 Å². The summed E-state index contributed by atoms with van der Waals surface area (Å²) >= 11 is 14.2. The molecule has 1 nitrogen and oxygen atoms in total. The number of hydrogen-bond donors (Lipinski definition) is 0. The zero-order valence-electron chi connectivity index (χ0n) is 12.1. The predicted molar refractivity (Wildman–Crippen MR) is 106 cm³/mol. The van der Waals surface area contributed by atoms with Crippen molar-refractivity contribution < 1.29 is 4.79 Å². The molecule has 116 valence electrons. The fraction of sp³-hybridized carbons (Fsp3) is 0.235. The summed E-state index contributed by atoms with van der Waals surface area (Å²) in [4.78, 5) is 13.0. The van der Waals surface area contributed by atoms with Crippen LogP contribution >= 0.6 is 63.7 Å². The molecule has 22 heavy (non-hydrogen) atoms. The van der Waals surface area contributed by atoms with E-state index in [9.17, 15) is 4.79 Å². The number of alkyl halides is 2. The molecule has 0 bridgehead atoms. The van der Waals surface area contributed by atoms with E-state index < -0.39 is 0 Å². The number of carbonyl (C=O) groups excluding carboxylic acids is 1. The molecule has 0 amide bonds. The van der Waals surface area contributed by atoms with E-state index in [1.807, 2.05) is 38.1 Å². The second-order valence-electron chi connectivity index (χ2n) is 5.04. The highest BCUT2D eigenvalue weighted by Gasteiger charge is 2.20. The predicted octanol–water partition coefficient (Wildman–Crippen LogP) is 6.85. The van der Waals surface area contributed by atoms with Gasteiger partial charge < -0.3 is 0 Å². The van der Waals surface area contributed by atoms with Crippen molar-refractivity contribution >= 4 is 69.5 Å². The number of benzene rings is 2. The molecule has 2 aromatic carbocycles. The molecule has 0 aliphatic rings. The van der Waals surface area contributed by atoms with Gasteiger partial charge in [-0.2, -0.15) is 0 Å². The summed E-state index contributed by atoms with van der Waals surface area (Å²) < 4.78 is 1.73. The van der Waals surface area contributed by atoms with Crippen LogP contribution in [0.3, 0.4) is 0 Å². The molecule has 0 saturated heterocycles. The molecule has 0 heterocycles. The first-order chi connectivity index (χ1) is 10.4. The molecular weight excluding hydrogens is 540 g/mol. The maximum Gasteiger partial charge on any atom is 0.195 e. The quantitative estimate of drug-likeness (QED) is 0.299. The average molecular weight is 554 g/mol. The van der Waals surface area contributed by atoms with Gasteiger partial charge in [0.15, 0.2) is 5.78 Å². The van der Waals surface area contributed by atoms with Crippen molar-refractivity contribution in [3.8, 4) is 0 Å². The molecule has 0 aliphatic heterocycles. The zero-order valence-corrected chi connectivity index (χ0v) is 18.5. The van der Waals surface area contributed by atoms with Gasteiger partial charge in [-0.1, -0.05) is 44.0 Å². The van der Waals surface area contributed by atoms with E-state index in [0.717, 1.165) is 31.2 Å². The van der Waals surface area contributed by atoms with Crippen LogP contribution in [0.15, 0.2) is 33.2 Å². The van der Waals surface area contributed by atoms with E-state index in [-0.39, 0.29) is 5.78 Å². The average Bonchev–Trinajstić information content (AvgIpc) is 2.48. The van der Waals surface area contributed by atoms with Crippen LogP contribution in [0, 0.1) is 13.8 Å². The maximum absolute atomic E-state index is 13.0. The Morgan fingerprint density at radius 3 is 1.50 bits per heavy atom. The van der Waals surface area contributed by atoms with E-state index in [4.69, 9.17) is 0 Å². The minimum absolute atomic E-state index is 0.0168. The Balaban J connectivity index is 2.59. The van der Waals surface area contributed by atoms with Crippen LogP contribution in [0.2, 0.25) is 0 Å². The summed E-state index contributed by atoms with van der Waals surface area (Å²) in [5.41, 5.74) is 5.90. The van der Waals surface area contributed by atoms with Crippen molar-refractivity contribution in [3.63, 3.8) is 0 Å². The third-order valence-corrected chi connectivity index (χ3v) is 6.64. The SMILES string of the molecule is Cc1ccc(C(=O)c2ccc(C)c(CBr)c2Br)c(Br)c1CBr. The van der Waals surface area contributed by atoms with Gasteiger partial charge >= 0.3 is 0 Å². The molecule has 0 N–H and O–H groups in total. The largest absolute Gasteiger partial charge is 0.289 e. The Hall–Kier alpha value is 0.0300. The second-order valence-corrected chi connectivity index (χ2v) is 7.75. The van der Waals surface area contributed by atoms with Crippen molar-refractivity contribution in [2.45, 2.75) is 24.5 Å². The standard InChI is InChI=1S/C17H14Br4O/c1-9-3-5-11(15(20)13(9)7-18)17(22)12-6-4-10(2)14(8-19)16(12)21/h3-6H,7-8H2,1-2H3. The van der Waals surface area contributed by atoms with Gasteiger partial charge in [-0.15, -0.1) is 0 Å². The van der Waals surface area contributed by atoms with Gasteiger partial charge in [-0.3, -0.25) is 4.79 Å². The minimum atomic E-state index is 0.0168. The van der Waals surface area contributed by atoms with E-state index in [0.29, 0.717) is 21.8 Å². The highest BCUT2D eigenvalue weighted by Crippen LogP contribution is 2.33.